The summed E-state index contributed by atoms with van der Waals surface area (Å²) in [5.74, 6) is -10.5. The topological polar surface area (TPSA) is 79.1 Å². The summed E-state index contributed by atoms with van der Waals surface area (Å²) in [6, 6.07) is 4.79. The second-order valence-electron chi connectivity index (χ2n) is 7.54. The largest absolute Gasteiger partial charge is 0.506 e. The zero-order chi connectivity index (χ0) is 23.5. The number of phenolic OH excluding ortho intramolecular Hbond substituents is 1. The lowest BCUT2D eigenvalue weighted by atomic mass is 9.87. The van der Waals surface area contributed by atoms with E-state index in [-0.39, 0.29) is 29.5 Å². The van der Waals surface area contributed by atoms with Crippen LogP contribution in [0.1, 0.15) is 38.8 Å². The molecule has 0 saturated carbocycles. The predicted molar refractivity (Wildman–Crippen MR) is 107 cm³/mol. The summed E-state index contributed by atoms with van der Waals surface area (Å²) < 4.78 is 59.2. The first kappa shape index (κ1) is 23.9. The molecule has 0 aliphatic heterocycles. The van der Waals surface area contributed by atoms with Gasteiger partial charge in [-0.1, -0.05) is 26.8 Å². The number of hydrogen-bond donors (Lipinski definition) is 2. The van der Waals surface area contributed by atoms with E-state index in [4.69, 9.17) is 4.74 Å². The fourth-order valence-electron chi connectivity index (χ4n) is 2.54. The lowest BCUT2D eigenvalue weighted by Gasteiger charge is -2.19. The van der Waals surface area contributed by atoms with E-state index in [1.54, 1.807) is 6.07 Å². The van der Waals surface area contributed by atoms with Crippen molar-refractivity contribution in [2.75, 3.05) is 6.61 Å². The normalized spacial score (nSPS) is 12.8. The lowest BCUT2D eigenvalue weighted by molar-refractivity contribution is -0.137. The highest BCUT2D eigenvalue weighted by atomic mass is 19.2. The van der Waals surface area contributed by atoms with Gasteiger partial charge >= 0.3 is 5.97 Å². The molecule has 31 heavy (non-hydrogen) atoms. The molecular formula is C22H21F4NO4. The molecule has 0 radical (unpaired) electrons. The Morgan fingerprint density at radius 1 is 1.10 bits per heavy atom. The van der Waals surface area contributed by atoms with Crippen LogP contribution >= 0.6 is 0 Å². The summed E-state index contributed by atoms with van der Waals surface area (Å²) in [5.41, 5.74) is -1.35. The van der Waals surface area contributed by atoms with Crippen molar-refractivity contribution < 1.29 is 37.3 Å². The van der Waals surface area contributed by atoms with Gasteiger partial charge < -0.3 is 14.9 Å². The third kappa shape index (κ3) is 5.22. The Balaban J connectivity index is 2.66. The second kappa shape index (κ2) is 9.20. The third-order valence-electron chi connectivity index (χ3n) is 4.28. The summed E-state index contributed by atoms with van der Waals surface area (Å²) in [6.45, 7) is 7.08. The first-order valence-electron chi connectivity index (χ1n) is 9.19. The molecule has 2 aromatic carbocycles. The Hall–Kier alpha value is -3.36. The number of rotatable bonds is 5. The molecule has 0 amide bonds. The molecule has 0 bridgehead atoms. The van der Waals surface area contributed by atoms with E-state index in [1.807, 2.05) is 20.8 Å². The number of ether oxygens (including phenoxy) is 1. The Kier molecular flexibility index (Phi) is 7.09. The van der Waals surface area contributed by atoms with Crippen molar-refractivity contribution in [3.63, 3.8) is 0 Å². The fraction of sp³-hybridized carbons (Fsp3) is 0.273. The van der Waals surface area contributed by atoms with E-state index < -0.39 is 46.1 Å². The van der Waals surface area contributed by atoms with Gasteiger partial charge in [0, 0.05) is 6.21 Å². The Morgan fingerprint density at radius 3 is 2.32 bits per heavy atom. The van der Waals surface area contributed by atoms with Crippen molar-refractivity contribution in [3.05, 3.63) is 64.2 Å². The molecule has 166 valence electrons. The first-order valence-corrected chi connectivity index (χ1v) is 9.19. The maximum atomic E-state index is 14.1. The number of aliphatic imine (C=N–C) groups is 1. The average molecular weight is 439 g/mol. The maximum absolute atomic E-state index is 14.1. The second-order valence-corrected chi connectivity index (χ2v) is 7.54. The van der Waals surface area contributed by atoms with Gasteiger partial charge in [0.05, 0.1) is 12.2 Å². The number of aliphatic hydroxyl groups excluding tert-OH is 1. The van der Waals surface area contributed by atoms with Crippen LogP contribution in [-0.2, 0) is 14.9 Å². The van der Waals surface area contributed by atoms with Crippen LogP contribution in [0.15, 0.2) is 34.8 Å². The molecule has 0 aromatic heterocycles. The minimum Gasteiger partial charge on any atom is -0.506 e. The highest BCUT2D eigenvalue weighted by Gasteiger charge is 2.25. The Morgan fingerprint density at radius 2 is 1.74 bits per heavy atom. The van der Waals surface area contributed by atoms with E-state index >= 15 is 0 Å². The molecule has 2 N–H and O–H groups in total. The maximum Gasteiger partial charge on any atom is 0.343 e. The number of halogens is 4. The molecule has 0 aliphatic carbocycles. The van der Waals surface area contributed by atoms with Gasteiger partial charge in [0.15, 0.2) is 23.3 Å². The number of aromatic hydroxyl groups is 1. The zero-order valence-electron chi connectivity index (χ0n) is 17.3. The minimum atomic E-state index is -2.16. The number of hydrogen-bond acceptors (Lipinski definition) is 5. The van der Waals surface area contributed by atoms with Crippen LogP contribution in [0.2, 0.25) is 0 Å². The molecule has 0 atom stereocenters. The van der Waals surface area contributed by atoms with Gasteiger partial charge in [0.2, 0.25) is 0 Å². The summed E-state index contributed by atoms with van der Waals surface area (Å²) in [6.07, 6.45) is 0.757. The number of carbonyl (C=O) groups excluding carboxylic acids is 1. The molecule has 0 spiro atoms. The Labute approximate surface area is 176 Å². The van der Waals surface area contributed by atoms with E-state index in [0.717, 1.165) is 11.8 Å². The number of phenols is 1. The quantitative estimate of drug-likeness (QED) is 0.123. The average Bonchev–Trinajstić information content (AvgIpc) is 2.69. The van der Waals surface area contributed by atoms with Crippen LogP contribution in [0.5, 0.6) is 5.75 Å². The predicted octanol–water partition coefficient (Wildman–Crippen LogP) is 5.48. The van der Waals surface area contributed by atoms with E-state index in [9.17, 15) is 32.6 Å². The number of aliphatic hydroxyl groups is 1. The van der Waals surface area contributed by atoms with Crippen LogP contribution in [-0.4, -0.2) is 29.0 Å². The van der Waals surface area contributed by atoms with Gasteiger partial charge in [-0.15, -0.1) is 0 Å². The van der Waals surface area contributed by atoms with E-state index in [0.29, 0.717) is 0 Å². The summed E-state index contributed by atoms with van der Waals surface area (Å²) in [5, 5.41) is 20.4. The zero-order valence-corrected chi connectivity index (χ0v) is 17.3. The SMILES string of the molecule is CCOC(=O)C(C=Nc1cc(C(C)(C)C)ccc1O)=C(O)c1cc(F)c(F)c(F)c1F. The van der Waals surface area contributed by atoms with Crippen molar-refractivity contribution in [3.8, 4) is 5.75 Å². The van der Waals surface area contributed by atoms with Gasteiger partial charge in [-0.3, -0.25) is 4.99 Å². The number of carbonyl (C=O) groups is 1. The highest BCUT2D eigenvalue weighted by molar-refractivity contribution is 6.15. The van der Waals surface area contributed by atoms with Crippen molar-refractivity contribution in [2.24, 2.45) is 4.99 Å². The van der Waals surface area contributed by atoms with Crippen molar-refractivity contribution in [2.45, 2.75) is 33.1 Å². The van der Waals surface area contributed by atoms with Gasteiger partial charge in [0.1, 0.15) is 22.8 Å². The molecule has 0 saturated heterocycles. The number of esters is 1. The monoisotopic (exact) mass is 439 g/mol. The smallest absolute Gasteiger partial charge is 0.343 e. The first-order chi connectivity index (χ1) is 14.4. The van der Waals surface area contributed by atoms with Gasteiger partial charge in [-0.2, -0.15) is 0 Å². The van der Waals surface area contributed by atoms with Crippen molar-refractivity contribution in [1.82, 2.24) is 0 Å². The van der Waals surface area contributed by atoms with Crippen LogP contribution in [0.4, 0.5) is 23.2 Å². The molecule has 0 unspecified atom stereocenters. The van der Waals surface area contributed by atoms with Crippen LogP contribution in [0, 0.1) is 23.3 Å². The number of benzene rings is 2. The summed E-state index contributed by atoms with van der Waals surface area (Å²) in [7, 11) is 0. The van der Waals surface area contributed by atoms with E-state index in [2.05, 4.69) is 4.99 Å². The highest BCUT2D eigenvalue weighted by Crippen LogP contribution is 2.33. The minimum absolute atomic E-state index is 0.0129. The molecule has 9 heteroatoms. The lowest BCUT2D eigenvalue weighted by Crippen LogP contribution is -2.13. The van der Waals surface area contributed by atoms with Crippen LogP contribution < -0.4 is 0 Å². The van der Waals surface area contributed by atoms with Gasteiger partial charge in [0.25, 0.3) is 0 Å². The molecule has 0 fully saturated rings. The van der Waals surface area contributed by atoms with Crippen LogP contribution in [0.3, 0.4) is 0 Å². The summed E-state index contributed by atoms with van der Waals surface area (Å²) >= 11 is 0. The molecule has 0 heterocycles. The van der Waals surface area contributed by atoms with Crippen molar-refractivity contribution in [1.29, 1.82) is 0 Å². The van der Waals surface area contributed by atoms with Gasteiger partial charge in [-0.25, -0.2) is 22.4 Å². The van der Waals surface area contributed by atoms with E-state index in [1.165, 1.54) is 19.1 Å². The summed E-state index contributed by atoms with van der Waals surface area (Å²) in [4.78, 5) is 16.2. The Bertz CT molecular complexity index is 1070. The fourth-order valence-corrected chi connectivity index (χ4v) is 2.54. The molecule has 2 aromatic rings. The van der Waals surface area contributed by atoms with Gasteiger partial charge in [-0.05, 0) is 36.1 Å². The molecule has 0 aliphatic rings. The van der Waals surface area contributed by atoms with Crippen molar-refractivity contribution >= 4 is 23.6 Å². The molecular weight excluding hydrogens is 418 g/mol. The molecule has 5 nitrogen and oxygen atoms in total. The standard InChI is InChI=1S/C22H21F4NO4/c1-5-31-21(30)13(20(29)12-9-14(23)18(25)19(26)17(12)24)10-27-15-8-11(22(2,3)4)6-7-16(15)28/h6-10,28-29H,5H2,1-4H3. The van der Waals surface area contributed by atoms with Crippen LogP contribution in [0.25, 0.3) is 5.76 Å². The number of nitrogens with zero attached hydrogens (tertiary/aromatic N) is 1. The molecule has 2 rings (SSSR count). The third-order valence-corrected chi connectivity index (χ3v) is 4.28.